The van der Waals surface area contributed by atoms with Crippen molar-refractivity contribution in [2.45, 2.75) is 20.0 Å². The van der Waals surface area contributed by atoms with Crippen molar-refractivity contribution in [2.75, 3.05) is 13.2 Å². The molecule has 0 amide bonds. The van der Waals surface area contributed by atoms with E-state index < -0.39 is 0 Å². The van der Waals surface area contributed by atoms with Crippen LogP contribution in [0.4, 0.5) is 0 Å². The zero-order chi connectivity index (χ0) is 15.9. The molecule has 2 aromatic carbocycles. The molecule has 0 heterocycles. The third kappa shape index (κ3) is 4.58. The Morgan fingerprint density at radius 2 is 1.59 bits per heavy atom. The van der Waals surface area contributed by atoms with Gasteiger partial charge in [0.05, 0.1) is 12.7 Å². The topological polar surface area (TPSA) is 35.5 Å². The summed E-state index contributed by atoms with van der Waals surface area (Å²) in [5.74, 6) is -0.341. The van der Waals surface area contributed by atoms with Gasteiger partial charge in [-0.15, -0.1) is 0 Å². The van der Waals surface area contributed by atoms with Gasteiger partial charge in [-0.25, -0.2) is 4.79 Å². The van der Waals surface area contributed by atoms with Crippen molar-refractivity contribution in [1.82, 2.24) is 0 Å². The summed E-state index contributed by atoms with van der Waals surface area (Å²) in [4.78, 5) is 11.3. The second-order valence-corrected chi connectivity index (χ2v) is 5.32. The van der Waals surface area contributed by atoms with E-state index in [-0.39, 0.29) is 18.7 Å². The first kappa shape index (κ1) is 16.5. The minimum Gasteiger partial charge on any atom is -0.464 e. The summed E-state index contributed by atoms with van der Waals surface area (Å²) in [6, 6.07) is 15.8. The van der Waals surface area contributed by atoms with Gasteiger partial charge in [0, 0.05) is 5.02 Å². The average Bonchev–Trinajstić information content (AvgIpc) is 2.54. The van der Waals surface area contributed by atoms with Crippen LogP contribution >= 0.6 is 11.6 Å². The normalized spacial score (nSPS) is 12.0. The van der Waals surface area contributed by atoms with Crippen LogP contribution in [0.3, 0.4) is 0 Å². The summed E-state index contributed by atoms with van der Waals surface area (Å²) in [6.07, 6.45) is -0.163. The van der Waals surface area contributed by atoms with Gasteiger partial charge in [0.25, 0.3) is 0 Å². The highest BCUT2D eigenvalue weighted by atomic mass is 35.5. The minimum absolute atomic E-state index is 0.0338. The van der Waals surface area contributed by atoms with E-state index in [2.05, 4.69) is 0 Å². The van der Waals surface area contributed by atoms with Crippen molar-refractivity contribution in [1.29, 1.82) is 0 Å². The molecule has 0 fully saturated rings. The van der Waals surface area contributed by atoms with Gasteiger partial charge in [-0.3, -0.25) is 0 Å². The summed E-state index contributed by atoms with van der Waals surface area (Å²) in [6.45, 7) is 4.02. The third-order valence-corrected chi connectivity index (χ3v) is 3.57. The van der Waals surface area contributed by atoms with E-state index in [9.17, 15) is 4.79 Å². The van der Waals surface area contributed by atoms with Crippen LogP contribution in [0.1, 0.15) is 25.5 Å². The monoisotopic (exact) mass is 318 g/mol. The standard InChI is InChI=1S/C18H19ClO3/c1-3-21-18(20)12-22-13(2)14-4-6-15(7-5-14)16-8-10-17(19)11-9-16/h4-11,13H,3,12H2,1-2H3. The van der Waals surface area contributed by atoms with E-state index in [1.807, 2.05) is 55.5 Å². The van der Waals surface area contributed by atoms with Gasteiger partial charge in [0.2, 0.25) is 0 Å². The Kier molecular flexibility index (Phi) is 5.99. The Hall–Kier alpha value is -1.84. The predicted molar refractivity (Wildman–Crippen MR) is 87.9 cm³/mol. The van der Waals surface area contributed by atoms with E-state index in [4.69, 9.17) is 21.1 Å². The second-order valence-electron chi connectivity index (χ2n) is 4.89. The third-order valence-electron chi connectivity index (χ3n) is 3.31. The van der Waals surface area contributed by atoms with Crippen molar-refractivity contribution in [3.63, 3.8) is 0 Å². The summed E-state index contributed by atoms with van der Waals surface area (Å²) in [7, 11) is 0. The van der Waals surface area contributed by atoms with Crippen LogP contribution in [0.5, 0.6) is 0 Å². The summed E-state index contributed by atoms with van der Waals surface area (Å²) in [5, 5.41) is 0.723. The molecule has 0 aliphatic carbocycles. The maximum absolute atomic E-state index is 11.3. The van der Waals surface area contributed by atoms with Gasteiger partial charge >= 0.3 is 5.97 Å². The van der Waals surface area contributed by atoms with Gasteiger partial charge in [-0.1, -0.05) is 48.0 Å². The number of hydrogen-bond donors (Lipinski definition) is 0. The lowest BCUT2D eigenvalue weighted by molar-refractivity contribution is -0.150. The van der Waals surface area contributed by atoms with Gasteiger partial charge in [0.1, 0.15) is 6.61 Å². The van der Waals surface area contributed by atoms with Crippen molar-refractivity contribution >= 4 is 17.6 Å². The molecule has 2 aromatic rings. The number of ether oxygens (including phenoxy) is 2. The molecule has 1 unspecified atom stereocenters. The highest BCUT2D eigenvalue weighted by Gasteiger charge is 2.09. The molecular weight excluding hydrogens is 300 g/mol. The Labute approximate surface area is 135 Å². The fourth-order valence-corrected chi connectivity index (χ4v) is 2.21. The number of carbonyl (C=O) groups excluding carboxylic acids is 1. The first-order valence-corrected chi connectivity index (χ1v) is 7.61. The Morgan fingerprint density at radius 1 is 1.05 bits per heavy atom. The van der Waals surface area contributed by atoms with E-state index in [0.29, 0.717) is 6.61 Å². The molecule has 2 rings (SSSR count). The van der Waals surface area contributed by atoms with E-state index in [1.54, 1.807) is 6.92 Å². The van der Waals surface area contributed by atoms with Crippen LogP contribution in [0.2, 0.25) is 5.02 Å². The molecule has 0 saturated heterocycles. The minimum atomic E-state index is -0.341. The lowest BCUT2D eigenvalue weighted by Crippen LogP contribution is -2.14. The first-order valence-electron chi connectivity index (χ1n) is 7.23. The highest BCUT2D eigenvalue weighted by molar-refractivity contribution is 6.30. The average molecular weight is 319 g/mol. The maximum atomic E-state index is 11.3. The molecular formula is C18H19ClO3. The molecule has 1 atom stereocenters. The number of halogens is 1. The van der Waals surface area contributed by atoms with E-state index >= 15 is 0 Å². The molecule has 0 saturated carbocycles. The number of carbonyl (C=O) groups is 1. The fraction of sp³-hybridized carbons (Fsp3) is 0.278. The number of rotatable bonds is 6. The van der Waals surface area contributed by atoms with Crippen LogP contribution in [-0.2, 0) is 14.3 Å². The molecule has 4 heteroatoms. The molecule has 0 aliphatic rings. The number of benzene rings is 2. The van der Waals surface area contributed by atoms with Gasteiger partial charge in [-0.2, -0.15) is 0 Å². The molecule has 0 radical (unpaired) electrons. The molecule has 0 aromatic heterocycles. The Balaban J connectivity index is 1.99. The molecule has 116 valence electrons. The van der Waals surface area contributed by atoms with Crippen LogP contribution in [0, 0.1) is 0 Å². The van der Waals surface area contributed by atoms with Crippen LogP contribution in [-0.4, -0.2) is 19.2 Å². The van der Waals surface area contributed by atoms with E-state index in [0.717, 1.165) is 21.7 Å². The van der Waals surface area contributed by atoms with Crippen molar-refractivity contribution in [3.8, 4) is 11.1 Å². The van der Waals surface area contributed by atoms with Gasteiger partial charge in [0.15, 0.2) is 0 Å². The SMILES string of the molecule is CCOC(=O)COC(C)c1ccc(-c2ccc(Cl)cc2)cc1. The van der Waals surface area contributed by atoms with Crippen molar-refractivity contribution < 1.29 is 14.3 Å². The largest absolute Gasteiger partial charge is 0.464 e. The Morgan fingerprint density at radius 3 is 2.14 bits per heavy atom. The van der Waals surface area contributed by atoms with Crippen molar-refractivity contribution in [2.24, 2.45) is 0 Å². The lowest BCUT2D eigenvalue weighted by Gasteiger charge is -2.13. The van der Waals surface area contributed by atoms with E-state index in [1.165, 1.54) is 0 Å². The second kappa shape index (κ2) is 7.97. The van der Waals surface area contributed by atoms with Crippen LogP contribution < -0.4 is 0 Å². The maximum Gasteiger partial charge on any atom is 0.332 e. The zero-order valence-corrected chi connectivity index (χ0v) is 13.5. The van der Waals surface area contributed by atoms with Crippen LogP contribution in [0.25, 0.3) is 11.1 Å². The summed E-state index contributed by atoms with van der Waals surface area (Å²) < 4.78 is 10.4. The van der Waals surface area contributed by atoms with Gasteiger partial charge < -0.3 is 9.47 Å². The quantitative estimate of drug-likeness (QED) is 0.727. The van der Waals surface area contributed by atoms with Gasteiger partial charge in [-0.05, 0) is 42.7 Å². The Bertz CT molecular complexity index is 605. The smallest absolute Gasteiger partial charge is 0.332 e. The first-order chi connectivity index (χ1) is 10.6. The highest BCUT2D eigenvalue weighted by Crippen LogP contribution is 2.24. The zero-order valence-electron chi connectivity index (χ0n) is 12.7. The molecule has 0 bridgehead atoms. The number of esters is 1. The molecule has 3 nitrogen and oxygen atoms in total. The molecule has 0 aliphatic heterocycles. The molecule has 22 heavy (non-hydrogen) atoms. The molecule has 0 spiro atoms. The van der Waals surface area contributed by atoms with Crippen LogP contribution in [0.15, 0.2) is 48.5 Å². The number of hydrogen-bond acceptors (Lipinski definition) is 3. The fourth-order valence-electron chi connectivity index (χ4n) is 2.08. The van der Waals surface area contributed by atoms with Crippen molar-refractivity contribution in [3.05, 3.63) is 59.1 Å². The predicted octanol–water partition coefficient (Wildman–Crippen LogP) is 4.65. The molecule has 0 N–H and O–H groups in total. The lowest BCUT2D eigenvalue weighted by atomic mass is 10.0. The summed E-state index contributed by atoms with van der Waals surface area (Å²) in [5.41, 5.74) is 3.23. The summed E-state index contributed by atoms with van der Waals surface area (Å²) >= 11 is 5.89.